The zero-order chi connectivity index (χ0) is 23.2. The molecule has 0 heterocycles. The average Bonchev–Trinajstić information content (AvgIpc) is 2.86. The van der Waals surface area contributed by atoms with Crippen molar-refractivity contribution in [2.45, 2.75) is 9.79 Å². The molecule has 0 bridgehead atoms. The highest BCUT2D eigenvalue weighted by Gasteiger charge is 2.15. The quantitative estimate of drug-likeness (QED) is 0.230. The molecule has 0 aliphatic rings. The molecule has 0 atom stereocenters. The van der Waals surface area contributed by atoms with Crippen LogP contribution in [0.4, 0.5) is 17.1 Å². The summed E-state index contributed by atoms with van der Waals surface area (Å²) in [5.41, 5.74) is 3.16. The van der Waals surface area contributed by atoms with Crippen molar-refractivity contribution in [2.75, 3.05) is 4.90 Å². The summed E-state index contributed by atoms with van der Waals surface area (Å²) in [7, 11) is 0. The van der Waals surface area contributed by atoms with Crippen LogP contribution in [0.5, 0.6) is 11.5 Å². The number of hydrogen-bond donors (Lipinski definition) is 0. The number of halogens is 1. The van der Waals surface area contributed by atoms with Crippen LogP contribution in [0, 0.1) is 0 Å². The fraction of sp³-hybridized carbons (Fsp3) is 0. The van der Waals surface area contributed by atoms with Gasteiger partial charge in [-0.2, -0.15) is 0 Å². The van der Waals surface area contributed by atoms with Crippen molar-refractivity contribution in [1.29, 1.82) is 0 Å². The van der Waals surface area contributed by atoms with Crippen LogP contribution < -0.4 is 9.64 Å². The SMILES string of the molecule is Clc1cccc(Sc2cc(Oc3ccccc3)cc(N(c3ccccc3)c3ccccc3)c2)c1. The van der Waals surface area contributed by atoms with E-state index in [1.165, 1.54) is 0 Å². The summed E-state index contributed by atoms with van der Waals surface area (Å²) >= 11 is 7.90. The van der Waals surface area contributed by atoms with Gasteiger partial charge in [0.2, 0.25) is 0 Å². The van der Waals surface area contributed by atoms with Crippen LogP contribution in [0.3, 0.4) is 0 Å². The highest BCUT2D eigenvalue weighted by Crippen LogP contribution is 2.41. The summed E-state index contributed by atoms with van der Waals surface area (Å²) in [6.07, 6.45) is 0. The van der Waals surface area contributed by atoms with Crippen molar-refractivity contribution in [1.82, 2.24) is 0 Å². The first-order chi connectivity index (χ1) is 16.7. The van der Waals surface area contributed by atoms with E-state index in [4.69, 9.17) is 16.3 Å². The third-order valence-electron chi connectivity index (χ3n) is 5.16. The predicted octanol–water partition coefficient (Wildman–Crippen LogP) is 9.75. The van der Waals surface area contributed by atoms with Gasteiger partial charge in [0.15, 0.2) is 0 Å². The van der Waals surface area contributed by atoms with Crippen molar-refractivity contribution < 1.29 is 4.74 Å². The fourth-order valence-electron chi connectivity index (χ4n) is 3.70. The van der Waals surface area contributed by atoms with Gasteiger partial charge in [0.25, 0.3) is 0 Å². The van der Waals surface area contributed by atoms with Crippen LogP contribution in [-0.4, -0.2) is 0 Å². The van der Waals surface area contributed by atoms with Gasteiger partial charge in [-0.1, -0.05) is 84.0 Å². The molecule has 0 unspecified atom stereocenters. The smallest absolute Gasteiger partial charge is 0.130 e. The second kappa shape index (κ2) is 10.5. The van der Waals surface area contributed by atoms with E-state index in [2.05, 4.69) is 77.7 Å². The summed E-state index contributed by atoms with van der Waals surface area (Å²) in [4.78, 5) is 4.36. The van der Waals surface area contributed by atoms with Gasteiger partial charge >= 0.3 is 0 Å². The molecule has 0 saturated carbocycles. The first-order valence-corrected chi connectivity index (χ1v) is 12.2. The summed E-state index contributed by atoms with van der Waals surface area (Å²) in [6, 6.07) is 44.8. The topological polar surface area (TPSA) is 12.5 Å². The van der Waals surface area contributed by atoms with Crippen LogP contribution in [0.1, 0.15) is 0 Å². The summed E-state index contributed by atoms with van der Waals surface area (Å²) in [6.45, 7) is 0. The van der Waals surface area contributed by atoms with E-state index < -0.39 is 0 Å². The van der Waals surface area contributed by atoms with E-state index in [0.29, 0.717) is 0 Å². The molecule has 0 radical (unpaired) electrons. The number of ether oxygens (including phenoxy) is 1. The monoisotopic (exact) mass is 479 g/mol. The number of para-hydroxylation sites is 3. The minimum Gasteiger partial charge on any atom is -0.457 e. The minimum absolute atomic E-state index is 0.720. The molecule has 4 heteroatoms. The van der Waals surface area contributed by atoms with Gasteiger partial charge < -0.3 is 9.64 Å². The summed E-state index contributed by atoms with van der Waals surface area (Å²) in [5.74, 6) is 1.56. The summed E-state index contributed by atoms with van der Waals surface area (Å²) in [5, 5.41) is 0.720. The van der Waals surface area contributed by atoms with Gasteiger partial charge in [-0.3, -0.25) is 0 Å². The van der Waals surface area contributed by atoms with Gasteiger partial charge in [0.05, 0.1) is 5.69 Å². The third-order valence-corrected chi connectivity index (χ3v) is 6.36. The van der Waals surface area contributed by atoms with E-state index in [1.807, 2.05) is 60.7 Å². The van der Waals surface area contributed by atoms with Gasteiger partial charge in [0.1, 0.15) is 11.5 Å². The first-order valence-electron chi connectivity index (χ1n) is 11.0. The molecule has 0 aromatic heterocycles. The van der Waals surface area contributed by atoms with E-state index >= 15 is 0 Å². The predicted molar refractivity (Wildman–Crippen MR) is 143 cm³/mol. The number of rotatable bonds is 7. The van der Waals surface area contributed by atoms with Crippen LogP contribution >= 0.6 is 23.4 Å². The van der Waals surface area contributed by atoms with Crippen molar-refractivity contribution in [3.05, 3.63) is 138 Å². The largest absolute Gasteiger partial charge is 0.457 e. The Labute approximate surface area is 209 Å². The second-order valence-electron chi connectivity index (χ2n) is 7.64. The minimum atomic E-state index is 0.720. The maximum Gasteiger partial charge on any atom is 0.130 e. The lowest BCUT2D eigenvalue weighted by molar-refractivity contribution is 0.481. The van der Waals surface area contributed by atoms with Gasteiger partial charge in [-0.25, -0.2) is 0 Å². The Morgan fingerprint density at radius 3 is 1.74 bits per heavy atom. The lowest BCUT2D eigenvalue weighted by atomic mass is 10.2. The Balaban J connectivity index is 1.62. The Hall–Kier alpha value is -3.66. The standard InChI is InChI=1S/C30H22ClNOS/c31-23-11-10-18-29(19-23)34-30-21-26(20-28(22-30)33-27-16-8-3-9-17-27)32(24-12-4-1-5-13-24)25-14-6-2-7-15-25/h1-22H. The molecule has 0 amide bonds. The normalized spacial score (nSPS) is 10.6. The zero-order valence-electron chi connectivity index (χ0n) is 18.3. The Kier molecular flexibility index (Phi) is 6.85. The molecule has 0 N–H and O–H groups in total. The highest BCUT2D eigenvalue weighted by molar-refractivity contribution is 7.99. The molecule has 0 saturated heterocycles. The van der Waals surface area contributed by atoms with Gasteiger partial charge in [-0.15, -0.1) is 0 Å². The first kappa shape index (κ1) is 22.1. The maximum atomic E-state index is 6.28. The average molecular weight is 480 g/mol. The molecule has 5 aromatic rings. The molecule has 0 aliphatic carbocycles. The lowest BCUT2D eigenvalue weighted by Gasteiger charge is -2.26. The van der Waals surface area contributed by atoms with Crippen molar-refractivity contribution in [3.63, 3.8) is 0 Å². The van der Waals surface area contributed by atoms with Gasteiger partial charge in [0, 0.05) is 32.3 Å². The molecule has 0 fully saturated rings. The fourth-order valence-corrected chi connectivity index (χ4v) is 4.91. The van der Waals surface area contributed by atoms with Crippen LogP contribution in [0.25, 0.3) is 0 Å². The van der Waals surface area contributed by atoms with Crippen molar-refractivity contribution in [2.24, 2.45) is 0 Å². The van der Waals surface area contributed by atoms with Crippen LogP contribution in [-0.2, 0) is 0 Å². The van der Waals surface area contributed by atoms with Crippen molar-refractivity contribution in [3.8, 4) is 11.5 Å². The Morgan fingerprint density at radius 1 is 0.500 bits per heavy atom. The van der Waals surface area contributed by atoms with Crippen LogP contribution in [0.15, 0.2) is 143 Å². The van der Waals surface area contributed by atoms with E-state index in [0.717, 1.165) is 43.4 Å². The van der Waals surface area contributed by atoms with E-state index in [-0.39, 0.29) is 0 Å². The maximum absolute atomic E-state index is 6.28. The number of nitrogens with zero attached hydrogens (tertiary/aromatic N) is 1. The molecule has 0 spiro atoms. The van der Waals surface area contributed by atoms with Gasteiger partial charge in [-0.05, 0) is 66.7 Å². The van der Waals surface area contributed by atoms with E-state index in [9.17, 15) is 0 Å². The molecular formula is C30H22ClNOS. The third kappa shape index (κ3) is 5.45. The summed E-state index contributed by atoms with van der Waals surface area (Å²) < 4.78 is 6.28. The zero-order valence-corrected chi connectivity index (χ0v) is 19.9. The number of anilines is 3. The number of benzene rings is 5. The van der Waals surface area contributed by atoms with E-state index in [1.54, 1.807) is 11.8 Å². The highest BCUT2D eigenvalue weighted by atomic mass is 35.5. The molecule has 0 aliphatic heterocycles. The molecule has 5 rings (SSSR count). The Morgan fingerprint density at radius 2 is 1.12 bits per heavy atom. The lowest BCUT2D eigenvalue weighted by Crippen LogP contribution is -2.10. The van der Waals surface area contributed by atoms with Crippen LogP contribution in [0.2, 0.25) is 5.02 Å². The Bertz CT molecular complexity index is 1320. The number of hydrogen-bond acceptors (Lipinski definition) is 3. The molecule has 2 nitrogen and oxygen atoms in total. The molecule has 5 aromatic carbocycles. The molecule has 166 valence electrons. The molecule has 34 heavy (non-hydrogen) atoms. The van der Waals surface area contributed by atoms with Crippen molar-refractivity contribution >= 4 is 40.4 Å². The molecular weight excluding hydrogens is 458 g/mol. The second-order valence-corrected chi connectivity index (χ2v) is 9.23.